The molecule has 0 radical (unpaired) electrons. The van der Waals surface area contributed by atoms with Crippen molar-refractivity contribution in [2.24, 2.45) is 5.92 Å². The second-order valence-electron chi connectivity index (χ2n) is 8.28. The minimum atomic E-state index is -0.489. The average Bonchev–Trinajstić information content (AvgIpc) is 3.09. The zero-order valence-electron chi connectivity index (χ0n) is 15.4. The van der Waals surface area contributed by atoms with Gasteiger partial charge in [-0.2, -0.15) is 10.1 Å². The SMILES string of the molecule is CC(C)(C)OC(=O)N1CC[C@@H]2[C@H]1CC2(C)Oc1nc(Cl)cn2nccc12. The Balaban J connectivity index is 1.50. The fourth-order valence-corrected chi connectivity index (χ4v) is 4.22. The number of likely N-dealkylation sites (tertiary alicyclic amines) is 1. The maximum absolute atomic E-state index is 12.4. The molecule has 0 N–H and O–H groups in total. The molecule has 7 nitrogen and oxygen atoms in total. The molecule has 2 aromatic rings. The van der Waals surface area contributed by atoms with Crippen LogP contribution in [0.2, 0.25) is 5.15 Å². The van der Waals surface area contributed by atoms with E-state index in [9.17, 15) is 4.79 Å². The summed E-state index contributed by atoms with van der Waals surface area (Å²) in [6.45, 7) is 8.41. The number of hydrogen-bond acceptors (Lipinski definition) is 5. The molecule has 26 heavy (non-hydrogen) atoms. The number of fused-ring (bicyclic) bond motifs is 2. The summed E-state index contributed by atoms with van der Waals surface area (Å²) in [4.78, 5) is 18.6. The Hall–Kier alpha value is -2.02. The first-order valence-corrected chi connectivity index (χ1v) is 9.23. The smallest absolute Gasteiger partial charge is 0.410 e. The Morgan fingerprint density at radius 3 is 2.92 bits per heavy atom. The molecule has 2 aliphatic rings. The number of halogens is 1. The predicted molar refractivity (Wildman–Crippen MR) is 96.5 cm³/mol. The molecule has 1 amide bonds. The first-order chi connectivity index (χ1) is 12.2. The van der Waals surface area contributed by atoms with Crippen LogP contribution in [0.4, 0.5) is 4.79 Å². The van der Waals surface area contributed by atoms with Crippen LogP contribution in [-0.2, 0) is 4.74 Å². The van der Waals surface area contributed by atoms with Gasteiger partial charge in [0.1, 0.15) is 16.7 Å². The Morgan fingerprint density at radius 1 is 1.42 bits per heavy atom. The van der Waals surface area contributed by atoms with E-state index in [4.69, 9.17) is 21.1 Å². The van der Waals surface area contributed by atoms with Crippen molar-refractivity contribution in [1.29, 1.82) is 0 Å². The van der Waals surface area contributed by atoms with Gasteiger partial charge in [0.25, 0.3) is 0 Å². The summed E-state index contributed by atoms with van der Waals surface area (Å²) >= 11 is 6.09. The van der Waals surface area contributed by atoms with Gasteiger partial charge < -0.3 is 14.4 Å². The fraction of sp³-hybridized carbons (Fsp3) is 0.611. The maximum atomic E-state index is 12.4. The summed E-state index contributed by atoms with van der Waals surface area (Å²) in [6, 6.07) is 2.00. The minimum absolute atomic E-state index is 0.148. The molecular formula is C18H23ClN4O3. The van der Waals surface area contributed by atoms with Crippen molar-refractivity contribution in [2.75, 3.05) is 6.54 Å². The van der Waals surface area contributed by atoms with Crippen LogP contribution in [0.1, 0.15) is 40.5 Å². The van der Waals surface area contributed by atoms with Crippen molar-refractivity contribution >= 4 is 23.2 Å². The normalized spacial score (nSPS) is 28.0. The van der Waals surface area contributed by atoms with Gasteiger partial charge in [-0.1, -0.05) is 11.6 Å². The van der Waals surface area contributed by atoms with Crippen LogP contribution in [0.3, 0.4) is 0 Å². The molecule has 3 atom stereocenters. The second-order valence-corrected chi connectivity index (χ2v) is 8.67. The largest absolute Gasteiger partial charge is 0.469 e. The lowest BCUT2D eigenvalue weighted by molar-refractivity contribution is -0.0903. The molecule has 3 heterocycles. The number of ether oxygens (including phenoxy) is 2. The highest BCUT2D eigenvalue weighted by molar-refractivity contribution is 6.29. The molecule has 140 valence electrons. The first-order valence-electron chi connectivity index (χ1n) is 8.85. The van der Waals surface area contributed by atoms with Crippen LogP contribution >= 0.6 is 11.6 Å². The molecule has 0 aromatic carbocycles. The number of carbonyl (C=O) groups is 1. The Labute approximate surface area is 157 Å². The van der Waals surface area contributed by atoms with E-state index in [1.54, 1.807) is 16.9 Å². The van der Waals surface area contributed by atoms with E-state index in [0.29, 0.717) is 17.6 Å². The quantitative estimate of drug-likeness (QED) is 0.799. The molecule has 1 aliphatic carbocycles. The number of carbonyl (C=O) groups excluding carboxylic acids is 1. The molecule has 1 saturated carbocycles. The Morgan fingerprint density at radius 2 is 2.19 bits per heavy atom. The Bertz CT molecular complexity index is 862. The summed E-state index contributed by atoms with van der Waals surface area (Å²) < 4.78 is 13.5. The summed E-state index contributed by atoms with van der Waals surface area (Å²) in [7, 11) is 0. The van der Waals surface area contributed by atoms with Gasteiger partial charge in [-0.15, -0.1) is 0 Å². The van der Waals surface area contributed by atoms with Crippen molar-refractivity contribution in [3.8, 4) is 5.88 Å². The van der Waals surface area contributed by atoms with Crippen LogP contribution < -0.4 is 4.74 Å². The van der Waals surface area contributed by atoms with Crippen LogP contribution in [-0.4, -0.2) is 49.4 Å². The van der Waals surface area contributed by atoms with Crippen molar-refractivity contribution in [2.45, 2.75) is 57.8 Å². The van der Waals surface area contributed by atoms with Crippen LogP contribution in [0, 0.1) is 5.92 Å². The van der Waals surface area contributed by atoms with Gasteiger partial charge in [0.2, 0.25) is 5.88 Å². The lowest BCUT2D eigenvalue weighted by atomic mass is 9.66. The molecule has 8 heteroatoms. The van der Waals surface area contributed by atoms with Crippen LogP contribution in [0.5, 0.6) is 5.88 Å². The van der Waals surface area contributed by atoms with E-state index in [1.165, 1.54) is 0 Å². The van der Waals surface area contributed by atoms with Crippen LogP contribution in [0.15, 0.2) is 18.5 Å². The number of rotatable bonds is 2. The van der Waals surface area contributed by atoms with E-state index in [1.807, 2.05) is 31.7 Å². The molecule has 1 unspecified atom stereocenters. The van der Waals surface area contributed by atoms with E-state index in [2.05, 4.69) is 17.0 Å². The van der Waals surface area contributed by atoms with E-state index < -0.39 is 5.60 Å². The van der Waals surface area contributed by atoms with Crippen molar-refractivity contribution < 1.29 is 14.3 Å². The highest BCUT2D eigenvalue weighted by Crippen LogP contribution is 2.50. The third kappa shape index (κ3) is 2.88. The lowest BCUT2D eigenvalue weighted by Gasteiger charge is -2.50. The first kappa shape index (κ1) is 17.4. The van der Waals surface area contributed by atoms with Gasteiger partial charge in [0.15, 0.2) is 5.15 Å². The highest BCUT2D eigenvalue weighted by atomic mass is 35.5. The second kappa shape index (κ2) is 5.74. The fourth-order valence-electron chi connectivity index (χ4n) is 4.06. The van der Waals surface area contributed by atoms with Gasteiger partial charge in [-0.25, -0.2) is 9.31 Å². The van der Waals surface area contributed by atoms with Crippen LogP contribution in [0.25, 0.3) is 5.52 Å². The van der Waals surface area contributed by atoms with Gasteiger partial charge in [-0.05, 0) is 40.2 Å². The number of nitrogens with zero attached hydrogens (tertiary/aromatic N) is 4. The molecule has 1 aliphatic heterocycles. The van der Waals surface area contributed by atoms with E-state index >= 15 is 0 Å². The maximum Gasteiger partial charge on any atom is 0.410 e. The predicted octanol–water partition coefficient (Wildman–Crippen LogP) is 3.55. The van der Waals surface area contributed by atoms with Gasteiger partial charge in [0.05, 0.1) is 12.4 Å². The molecule has 2 aromatic heterocycles. The highest BCUT2D eigenvalue weighted by Gasteiger charge is 2.59. The number of amides is 1. The minimum Gasteiger partial charge on any atom is -0.469 e. The van der Waals surface area contributed by atoms with Gasteiger partial charge in [-0.3, -0.25) is 0 Å². The number of hydrogen-bond donors (Lipinski definition) is 0. The third-order valence-electron chi connectivity index (χ3n) is 5.23. The molecule has 1 saturated heterocycles. The van der Waals surface area contributed by atoms with Crippen molar-refractivity contribution in [3.63, 3.8) is 0 Å². The van der Waals surface area contributed by atoms with Gasteiger partial charge in [0, 0.05) is 24.9 Å². The molecule has 4 rings (SSSR count). The summed E-state index contributed by atoms with van der Waals surface area (Å²) in [5.41, 5.74) is -0.0953. The zero-order valence-corrected chi connectivity index (χ0v) is 16.2. The standard InChI is InChI=1S/C18H23ClN4O3/c1-17(2,3)26-16(24)22-8-6-11-13(22)9-18(11,4)25-15-12-5-7-20-23(12)10-14(19)21-15/h5,7,10-11,13H,6,8-9H2,1-4H3/t11-,13-,18?/m1/s1. The van der Waals surface area contributed by atoms with Gasteiger partial charge >= 0.3 is 6.09 Å². The zero-order chi connectivity index (χ0) is 18.7. The summed E-state index contributed by atoms with van der Waals surface area (Å²) in [5, 5.41) is 4.52. The molecular weight excluding hydrogens is 356 g/mol. The van der Waals surface area contributed by atoms with Crippen molar-refractivity contribution in [1.82, 2.24) is 19.5 Å². The van der Waals surface area contributed by atoms with E-state index in [0.717, 1.165) is 18.4 Å². The average molecular weight is 379 g/mol. The van der Waals surface area contributed by atoms with Crippen molar-refractivity contribution in [3.05, 3.63) is 23.6 Å². The topological polar surface area (TPSA) is 69.0 Å². The summed E-state index contributed by atoms with van der Waals surface area (Å²) in [6.07, 6.45) is 4.72. The lowest BCUT2D eigenvalue weighted by Crippen LogP contribution is -2.61. The summed E-state index contributed by atoms with van der Waals surface area (Å²) in [5.74, 6) is 0.727. The Kier molecular flexibility index (Phi) is 3.84. The third-order valence-corrected chi connectivity index (χ3v) is 5.41. The van der Waals surface area contributed by atoms with E-state index in [-0.39, 0.29) is 23.7 Å². The monoisotopic (exact) mass is 378 g/mol. The molecule has 2 fully saturated rings. The number of aromatic nitrogens is 3. The molecule has 0 bridgehead atoms. The molecule has 0 spiro atoms.